The molecule has 1 rings (SSSR count). The SMILES string of the molecule is CC(N)CNC(=O)C(C)N1C(C)CCC1C. The zero-order chi connectivity index (χ0) is 12.3. The molecule has 1 amide bonds. The van der Waals surface area contributed by atoms with Gasteiger partial charge in [0.2, 0.25) is 5.91 Å². The Morgan fingerprint density at radius 3 is 2.31 bits per heavy atom. The molecule has 0 radical (unpaired) electrons. The van der Waals surface area contributed by atoms with E-state index in [4.69, 9.17) is 5.73 Å². The van der Waals surface area contributed by atoms with Crippen molar-refractivity contribution in [1.82, 2.24) is 10.2 Å². The number of rotatable bonds is 4. The maximum atomic E-state index is 11.9. The summed E-state index contributed by atoms with van der Waals surface area (Å²) in [5.41, 5.74) is 5.62. The lowest BCUT2D eigenvalue weighted by Gasteiger charge is -2.31. The highest BCUT2D eigenvalue weighted by Gasteiger charge is 2.34. The van der Waals surface area contributed by atoms with Crippen molar-refractivity contribution in [1.29, 1.82) is 0 Å². The molecule has 0 aliphatic carbocycles. The number of nitrogens with two attached hydrogens (primary N) is 1. The lowest BCUT2D eigenvalue weighted by molar-refractivity contribution is -0.126. The van der Waals surface area contributed by atoms with Crippen LogP contribution >= 0.6 is 0 Å². The highest BCUT2D eigenvalue weighted by atomic mass is 16.2. The molecule has 4 nitrogen and oxygen atoms in total. The van der Waals surface area contributed by atoms with Gasteiger partial charge in [0.15, 0.2) is 0 Å². The van der Waals surface area contributed by atoms with E-state index >= 15 is 0 Å². The molecule has 3 N–H and O–H groups in total. The standard InChI is InChI=1S/C12H25N3O/c1-8(13)7-14-12(16)11(4)15-9(2)5-6-10(15)3/h8-11H,5-7,13H2,1-4H3,(H,14,16). The van der Waals surface area contributed by atoms with Crippen LogP contribution in [0, 0.1) is 0 Å². The summed E-state index contributed by atoms with van der Waals surface area (Å²) in [5, 5.41) is 2.89. The second kappa shape index (κ2) is 5.64. The predicted molar refractivity (Wildman–Crippen MR) is 66.1 cm³/mol. The van der Waals surface area contributed by atoms with E-state index in [2.05, 4.69) is 24.1 Å². The summed E-state index contributed by atoms with van der Waals surface area (Å²) in [5.74, 6) is 0.0953. The van der Waals surface area contributed by atoms with Gasteiger partial charge in [0.1, 0.15) is 0 Å². The van der Waals surface area contributed by atoms with Gasteiger partial charge in [0.25, 0.3) is 0 Å². The Bertz CT molecular complexity index is 232. The quantitative estimate of drug-likeness (QED) is 0.743. The van der Waals surface area contributed by atoms with E-state index in [1.54, 1.807) is 0 Å². The van der Waals surface area contributed by atoms with E-state index in [-0.39, 0.29) is 18.0 Å². The molecule has 4 unspecified atom stereocenters. The Balaban J connectivity index is 2.49. The molecule has 4 atom stereocenters. The molecule has 0 aromatic carbocycles. The Hall–Kier alpha value is -0.610. The minimum atomic E-state index is -0.0498. The van der Waals surface area contributed by atoms with Gasteiger partial charge in [-0.3, -0.25) is 9.69 Å². The summed E-state index contributed by atoms with van der Waals surface area (Å²) in [6.45, 7) is 8.82. The highest BCUT2D eigenvalue weighted by Crippen LogP contribution is 2.25. The normalized spacial score (nSPS) is 30.1. The van der Waals surface area contributed by atoms with Crippen LogP contribution < -0.4 is 11.1 Å². The van der Waals surface area contributed by atoms with Crippen molar-refractivity contribution < 1.29 is 4.79 Å². The number of carbonyl (C=O) groups is 1. The number of amides is 1. The topological polar surface area (TPSA) is 58.4 Å². The number of likely N-dealkylation sites (tertiary alicyclic amines) is 1. The van der Waals surface area contributed by atoms with E-state index in [0.29, 0.717) is 18.6 Å². The van der Waals surface area contributed by atoms with E-state index in [0.717, 1.165) is 0 Å². The molecule has 0 spiro atoms. The Morgan fingerprint density at radius 1 is 1.38 bits per heavy atom. The number of hydrogen-bond acceptors (Lipinski definition) is 3. The first-order valence-electron chi connectivity index (χ1n) is 6.24. The predicted octanol–water partition coefficient (Wildman–Crippen LogP) is 0.711. The summed E-state index contributed by atoms with van der Waals surface area (Å²) in [4.78, 5) is 14.2. The maximum Gasteiger partial charge on any atom is 0.237 e. The molecular weight excluding hydrogens is 202 g/mol. The van der Waals surface area contributed by atoms with Crippen molar-refractivity contribution in [2.45, 2.75) is 64.7 Å². The fourth-order valence-electron chi connectivity index (χ4n) is 2.52. The van der Waals surface area contributed by atoms with Crippen LogP contribution in [0.5, 0.6) is 0 Å². The van der Waals surface area contributed by atoms with Crippen LogP contribution in [0.1, 0.15) is 40.5 Å². The lowest BCUT2D eigenvalue weighted by Crippen LogP contribution is -2.50. The molecule has 0 saturated carbocycles. The summed E-state index contributed by atoms with van der Waals surface area (Å²) in [6, 6.07) is 0.980. The van der Waals surface area contributed by atoms with E-state index in [1.807, 2.05) is 13.8 Å². The van der Waals surface area contributed by atoms with Gasteiger partial charge in [0.05, 0.1) is 6.04 Å². The zero-order valence-electron chi connectivity index (χ0n) is 10.9. The third kappa shape index (κ3) is 3.19. The Labute approximate surface area is 98.6 Å². The second-order valence-electron chi connectivity index (χ2n) is 5.12. The molecule has 1 fully saturated rings. The van der Waals surface area contributed by atoms with Crippen LogP contribution in [-0.4, -0.2) is 41.5 Å². The lowest BCUT2D eigenvalue weighted by atomic mass is 10.2. The second-order valence-corrected chi connectivity index (χ2v) is 5.12. The van der Waals surface area contributed by atoms with Crippen LogP contribution in [-0.2, 0) is 4.79 Å². The highest BCUT2D eigenvalue weighted by molar-refractivity contribution is 5.81. The molecule has 1 aliphatic heterocycles. The number of hydrogen-bond donors (Lipinski definition) is 2. The molecule has 1 aliphatic rings. The third-order valence-corrected chi connectivity index (χ3v) is 3.45. The van der Waals surface area contributed by atoms with Crippen molar-refractivity contribution in [2.24, 2.45) is 5.73 Å². The van der Waals surface area contributed by atoms with Gasteiger partial charge in [0, 0.05) is 24.7 Å². The van der Waals surface area contributed by atoms with Gasteiger partial charge in [-0.2, -0.15) is 0 Å². The zero-order valence-corrected chi connectivity index (χ0v) is 10.9. The van der Waals surface area contributed by atoms with Gasteiger partial charge in [-0.15, -0.1) is 0 Å². The number of nitrogens with zero attached hydrogens (tertiary/aromatic N) is 1. The van der Waals surface area contributed by atoms with Crippen molar-refractivity contribution in [3.8, 4) is 0 Å². The first-order valence-corrected chi connectivity index (χ1v) is 6.24. The number of carbonyl (C=O) groups excluding carboxylic acids is 1. The van der Waals surface area contributed by atoms with Crippen LogP contribution in [0.4, 0.5) is 0 Å². The Morgan fingerprint density at radius 2 is 1.88 bits per heavy atom. The van der Waals surface area contributed by atoms with Gasteiger partial charge in [-0.25, -0.2) is 0 Å². The molecule has 0 aromatic heterocycles. The Kier molecular flexibility index (Phi) is 4.74. The van der Waals surface area contributed by atoms with Crippen molar-refractivity contribution in [3.05, 3.63) is 0 Å². The van der Waals surface area contributed by atoms with E-state index in [9.17, 15) is 4.79 Å². The van der Waals surface area contributed by atoms with E-state index in [1.165, 1.54) is 12.8 Å². The molecule has 1 saturated heterocycles. The average molecular weight is 227 g/mol. The summed E-state index contributed by atoms with van der Waals surface area (Å²) >= 11 is 0. The first kappa shape index (κ1) is 13.5. The minimum absolute atomic E-state index is 0.0181. The molecule has 0 aromatic rings. The van der Waals surface area contributed by atoms with Gasteiger partial charge >= 0.3 is 0 Å². The molecular formula is C12H25N3O. The van der Waals surface area contributed by atoms with Gasteiger partial charge in [-0.05, 0) is 40.5 Å². The monoisotopic (exact) mass is 227 g/mol. The van der Waals surface area contributed by atoms with Gasteiger partial charge in [-0.1, -0.05) is 0 Å². The molecule has 94 valence electrons. The van der Waals surface area contributed by atoms with Crippen molar-refractivity contribution in [2.75, 3.05) is 6.54 Å². The summed E-state index contributed by atoms with van der Waals surface area (Å²) in [7, 11) is 0. The van der Waals surface area contributed by atoms with Crippen molar-refractivity contribution in [3.63, 3.8) is 0 Å². The smallest absolute Gasteiger partial charge is 0.237 e. The molecule has 1 heterocycles. The van der Waals surface area contributed by atoms with Crippen LogP contribution in [0.15, 0.2) is 0 Å². The minimum Gasteiger partial charge on any atom is -0.353 e. The van der Waals surface area contributed by atoms with Crippen LogP contribution in [0.3, 0.4) is 0 Å². The summed E-state index contributed by atoms with van der Waals surface area (Å²) in [6.07, 6.45) is 2.37. The van der Waals surface area contributed by atoms with Crippen molar-refractivity contribution >= 4 is 5.91 Å². The summed E-state index contributed by atoms with van der Waals surface area (Å²) < 4.78 is 0. The van der Waals surface area contributed by atoms with Crippen LogP contribution in [0.25, 0.3) is 0 Å². The van der Waals surface area contributed by atoms with Crippen LogP contribution in [0.2, 0.25) is 0 Å². The third-order valence-electron chi connectivity index (χ3n) is 3.45. The first-order chi connectivity index (χ1) is 7.43. The molecule has 4 heteroatoms. The average Bonchev–Trinajstić information content (AvgIpc) is 2.54. The fraction of sp³-hybridized carbons (Fsp3) is 0.917. The largest absolute Gasteiger partial charge is 0.353 e. The fourth-order valence-corrected chi connectivity index (χ4v) is 2.52. The maximum absolute atomic E-state index is 11.9. The molecule has 16 heavy (non-hydrogen) atoms. The van der Waals surface area contributed by atoms with E-state index < -0.39 is 0 Å². The molecule has 0 bridgehead atoms. The number of nitrogens with one attached hydrogen (secondary N) is 1. The van der Waals surface area contributed by atoms with Gasteiger partial charge < -0.3 is 11.1 Å².